The fraction of sp³-hybridized carbons (Fsp3) is 0.769. The fourth-order valence-electron chi connectivity index (χ4n) is 4.69. The zero-order chi connectivity index (χ0) is 34.1. The van der Waals surface area contributed by atoms with E-state index in [4.69, 9.17) is 15.3 Å². The number of carbonyl (C=O) groups is 3. The van der Waals surface area contributed by atoms with Crippen LogP contribution in [-0.2, 0) is 14.4 Å². The van der Waals surface area contributed by atoms with E-state index in [1.807, 2.05) is 0 Å². The molecule has 45 heavy (non-hydrogen) atoms. The van der Waals surface area contributed by atoms with E-state index in [0.29, 0.717) is 12.8 Å². The van der Waals surface area contributed by atoms with Gasteiger partial charge in [0.25, 0.3) is 0 Å². The summed E-state index contributed by atoms with van der Waals surface area (Å²) in [6.07, 6.45) is 43.3. The second-order valence-corrected chi connectivity index (χ2v) is 12.0. The Bertz CT molecular complexity index is 648. The van der Waals surface area contributed by atoms with Crippen LogP contribution in [0.15, 0.2) is 37.0 Å². The van der Waals surface area contributed by atoms with Crippen LogP contribution in [0.5, 0.6) is 0 Å². The molecule has 0 aliphatic rings. The molecule has 0 heterocycles. The fourth-order valence-corrected chi connectivity index (χ4v) is 4.69. The summed E-state index contributed by atoms with van der Waals surface area (Å²) < 4.78 is 0. The highest BCUT2D eigenvalue weighted by molar-refractivity contribution is 5.78. The number of carboxylic acids is 3. The zero-order valence-corrected chi connectivity index (χ0v) is 29.5. The predicted octanol–water partition coefficient (Wildman–Crippen LogP) is 12.5. The predicted molar refractivity (Wildman–Crippen MR) is 192 cm³/mol. The first-order valence-corrected chi connectivity index (χ1v) is 18.4. The van der Waals surface area contributed by atoms with E-state index in [2.05, 4.69) is 44.7 Å². The Morgan fingerprint density at radius 1 is 0.422 bits per heavy atom. The lowest BCUT2D eigenvalue weighted by Gasteiger charge is -1.99. The molecule has 0 aromatic rings. The Morgan fingerprint density at radius 2 is 0.644 bits per heavy atom. The van der Waals surface area contributed by atoms with Gasteiger partial charge >= 0.3 is 17.9 Å². The van der Waals surface area contributed by atoms with Gasteiger partial charge in [0.15, 0.2) is 0 Å². The van der Waals surface area contributed by atoms with Crippen LogP contribution >= 0.6 is 0 Å². The maximum Gasteiger partial charge on any atom is 0.327 e. The van der Waals surface area contributed by atoms with E-state index < -0.39 is 17.9 Å². The van der Waals surface area contributed by atoms with E-state index in [-0.39, 0.29) is 0 Å². The summed E-state index contributed by atoms with van der Waals surface area (Å²) in [5, 5.41) is 24.6. The van der Waals surface area contributed by atoms with E-state index >= 15 is 0 Å². The second kappa shape index (κ2) is 43.8. The molecule has 0 rings (SSSR count). The van der Waals surface area contributed by atoms with Crippen molar-refractivity contribution < 1.29 is 29.7 Å². The van der Waals surface area contributed by atoms with Crippen molar-refractivity contribution >= 4 is 17.9 Å². The van der Waals surface area contributed by atoms with Gasteiger partial charge in [0.05, 0.1) is 0 Å². The number of aliphatic carboxylic acids is 3. The van der Waals surface area contributed by atoms with Gasteiger partial charge in [-0.15, -0.1) is 0 Å². The highest BCUT2D eigenvalue weighted by atomic mass is 16.4. The summed E-state index contributed by atoms with van der Waals surface area (Å²) in [5.74, 6) is -2.31. The third-order valence-corrected chi connectivity index (χ3v) is 7.48. The van der Waals surface area contributed by atoms with E-state index in [1.54, 1.807) is 0 Å². The first-order chi connectivity index (χ1) is 21.8. The summed E-state index contributed by atoms with van der Waals surface area (Å²) in [5.41, 5.74) is 0. The van der Waals surface area contributed by atoms with Crippen LogP contribution in [-0.4, -0.2) is 33.2 Å². The third kappa shape index (κ3) is 57.8. The molecule has 0 aromatic heterocycles. The lowest BCUT2D eigenvalue weighted by molar-refractivity contribution is -0.138. The van der Waals surface area contributed by atoms with Gasteiger partial charge in [0, 0.05) is 18.9 Å². The van der Waals surface area contributed by atoms with Gasteiger partial charge in [0.1, 0.15) is 0 Å². The zero-order valence-electron chi connectivity index (χ0n) is 29.5. The van der Waals surface area contributed by atoms with Crippen LogP contribution in [0.3, 0.4) is 0 Å². The second-order valence-electron chi connectivity index (χ2n) is 12.0. The van der Waals surface area contributed by atoms with Crippen LogP contribution in [0, 0.1) is 0 Å². The summed E-state index contributed by atoms with van der Waals surface area (Å²) in [4.78, 5) is 29.9. The maximum atomic E-state index is 10.3. The Balaban J connectivity index is -0.000000680. The summed E-state index contributed by atoms with van der Waals surface area (Å²) >= 11 is 0. The molecular formula is C39H72O6. The molecule has 6 nitrogen and oxygen atoms in total. The Morgan fingerprint density at radius 3 is 0.867 bits per heavy atom. The smallest absolute Gasteiger partial charge is 0.327 e. The molecule has 0 amide bonds. The molecule has 264 valence electrons. The number of allylic oxidation sites excluding steroid dienone is 4. The molecule has 0 unspecified atom stereocenters. The highest BCUT2D eigenvalue weighted by Gasteiger charge is 1.97. The molecule has 0 radical (unpaired) electrons. The van der Waals surface area contributed by atoms with Crippen LogP contribution in [0.2, 0.25) is 0 Å². The van der Waals surface area contributed by atoms with E-state index in [0.717, 1.165) is 31.8 Å². The normalized spacial score (nSPS) is 10.7. The van der Waals surface area contributed by atoms with Crippen molar-refractivity contribution in [3.05, 3.63) is 37.0 Å². The molecule has 0 bridgehead atoms. The molecule has 0 atom stereocenters. The molecule has 0 aliphatic carbocycles. The molecular weight excluding hydrogens is 564 g/mol. The van der Waals surface area contributed by atoms with Crippen molar-refractivity contribution in [3.8, 4) is 0 Å². The molecule has 6 heteroatoms. The van der Waals surface area contributed by atoms with Crippen molar-refractivity contribution in [2.24, 2.45) is 0 Å². The van der Waals surface area contributed by atoms with Gasteiger partial charge < -0.3 is 15.3 Å². The van der Waals surface area contributed by atoms with Gasteiger partial charge in [-0.05, 0) is 64.2 Å². The lowest BCUT2D eigenvalue weighted by atomic mass is 10.1. The lowest BCUT2D eigenvalue weighted by Crippen LogP contribution is -1.93. The standard InChI is InChI=1S/2C18H34O2.C3H4O2/c2*1-2-3-4-5-6-7-8-9-10-11-12-13-14-15-16-17-18(19)20;1-2-3(4)5/h2*9-10H,2-8,11-17H2,1H3,(H,19,20);2H,1H2,(H,4,5)/b2*10-9-;. The quantitative estimate of drug-likeness (QED) is 0.0396. The third-order valence-electron chi connectivity index (χ3n) is 7.48. The van der Waals surface area contributed by atoms with Crippen LogP contribution < -0.4 is 0 Å². The largest absolute Gasteiger partial charge is 0.481 e. The SMILES string of the molecule is C=CC(=O)O.CCCCCCCC/C=C\CCCCCCCC(=O)O.CCCCCCCC/C=C\CCCCCCCC(=O)O. The minimum atomic E-state index is -0.981. The molecule has 0 fully saturated rings. The molecule has 0 aliphatic heterocycles. The van der Waals surface area contributed by atoms with Crippen molar-refractivity contribution in [2.45, 2.75) is 194 Å². The van der Waals surface area contributed by atoms with Crippen LogP contribution in [0.1, 0.15) is 194 Å². The minimum Gasteiger partial charge on any atom is -0.481 e. The first-order valence-electron chi connectivity index (χ1n) is 18.4. The van der Waals surface area contributed by atoms with Gasteiger partial charge in [0.2, 0.25) is 0 Å². The van der Waals surface area contributed by atoms with Crippen molar-refractivity contribution in [3.63, 3.8) is 0 Å². The maximum absolute atomic E-state index is 10.3. The molecule has 0 spiro atoms. The topological polar surface area (TPSA) is 112 Å². The summed E-state index contributed by atoms with van der Waals surface area (Å²) in [6, 6.07) is 0. The van der Waals surface area contributed by atoms with Crippen molar-refractivity contribution in [1.82, 2.24) is 0 Å². The number of unbranched alkanes of at least 4 members (excludes halogenated alkanes) is 22. The summed E-state index contributed by atoms with van der Waals surface area (Å²) in [7, 11) is 0. The average Bonchev–Trinajstić information content (AvgIpc) is 3.01. The van der Waals surface area contributed by atoms with Crippen molar-refractivity contribution in [2.75, 3.05) is 0 Å². The number of rotatable bonds is 31. The number of hydrogen-bond donors (Lipinski definition) is 3. The summed E-state index contributed by atoms with van der Waals surface area (Å²) in [6.45, 7) is 7.48. The number of carboxylic acid groups (broad SMARTS) is 3. The molecule has 0 aromatic carbocycles. The Hall–Kier alpha value is -2.37. The van der Waals surface area contributed by atoms with Gasteiger partial charge in [-0.1, -0.05) is 147 Å². The average molecular weight is 637 g/mol. The monoisotopic (exact) mass is 637 g/mol. The van der Waals surface area contributed by atoms with E-state index in [9.17, 15) is 14.4 Å². The number of hydrogen-bond acceptors (Lipinski definition) is 3. The van der Waals surface area contributed by atoms with Crippen LogP contribution in [0.4, 0.5) is 0 Å². The molecule has 0 saturated carbocycles. The Kier molecular flexibility index (Phi) is 45.7. The molecule has 3 N–H and O–H groups in total. The Labute approximate surface area is 277 Å². The van der Waals surface area contributed by atoms with Gasteiger partial charge in [-0.2, -0.15) is 0 Å². The van der Waals surface area contributed by atoms with Gasteiger partial charge in [-0.3, -0.25) is 9.59 Å². The van der Waals surface area contributed by atoms with E-state index in [1.165, 1.54) is 141 Å². The first kappa shape index (κ1) is 47.0. The molecule has 0 saturated heterocycles. The van der Waals surface area contributed by atoms with Crippen molar-refractivity contribution in [1.29, 1.82) is 0 Å². The van der Waals surface area contributed by atoms with Crippen LogP contribution in [0.25, 0.3) is 0 Å². The minimum absolute atomic E-state index is 0.332. The highest BCUT2D eigenvalue weighted by Crippen LogP contribution is 2.11. The van der Waals surface area contributed by atoms with Gasteiger partial charge in [-0.25, -0.2) is 4.79 Å².